The number of rotatable bonds is 6. The van der Waals surface area contributed by atoms with Gasteiger partial charge in [-0.15, -0.1) is 12.4 Å². The van der Waals surface area contributed by atoms with Gasteiger partial charge in [0.2, 0.25) is 0 Å². The van der Waals surface area contributed by atoms with Crippen molar-refractivity contribution in [2.45, 2.75) is 0 Å². The molecule has 7 nitrogen and oxygen atoms in total. The van der Waals surface area contributed by atoms with Crippen LogP contribution in [0.2, 0.25) is 5.02 Å². The molecule has 9 heteroatoms. The van der Waals surface area contributed by atoms with Gasteiger partial charge < -0.3 is 15.4 Å². The van der Waals surface area contributed by atoms with Crippen molar-refractivity contribution < 1.29 is 14.3 Å². The molecule has 0 unspecified atom stereocenters. The van der Waals surface area contributed by atoms with Gasteiger partial charge in [0.25, 0.3) is 0 Å². The maximum atomic E-state index is 12.6. The van der Waals surface area contributed by atoms with Crippen LogP contribution in [0.4, 0.5) is 10.5 Å². The smallest absolute Gasteiger partial charge is 0.325 e. The van der Waals surface area contributed by atoms with Crippen LogP contribution < -0.4 is 10.6 Å². The molecule has 2 aromatic rings. The van der Waals surface area contributed by atoms with Gasteiger partial charge in [0.1, 0.15) is 5.84 Å². The standard InChI is InChI=1S/C20H19ClN4O3.ClH/c1-28-16(12-26)11-24-8-9-25(20(24)27)15-5-2-13(3-6-15)14-4-7-17(19(22)23)18(21)10-14;/h2-7,10H,8-9,11H2,1H3,(H3,22,23);1H. The fraction of sp³-hybridized carbons (Fsp3) is 0.200. The number of nitrogen functional groups attached to an aromatic ring is 1. The topological polar surface area (TPSA) is 99.7 Å². The molecule has 1 aliphatic heterocycles. The Morgan fingerprint density at radius 2 is 1.86 bits per heavy atom. The second-order valence-electron chi connectivity index (χ2n) is 6.24. The Morgan fingerprint density at radius 3 is 2.41 bits per heavy atom. The van der Waals surface area contributed by atoms with Crippen LogP contribution in [0, 0.1) is 5.41 Å². The first-order valence-electron chi connectivity index (χ1n) is 8.53. The third-order valence-corrected chi connectivity index (χ3v) is 4.87. The number of hydrogen-bond acceptors (Lipinski definition) is 4. The van der Waals surface area contributed by atoms with Gasteiger partial charge in [0, 0.05) is 24.3 Å². The van der Waals surface area contributed by atoms with E-state index in [4.69, 9.17) is 27.5 Å². The van der Waals surface area contributed by atoms with Crippen molar-refractivity contribution in [1.29, 1.82) is 5.41 Å². The number of anilines is 1. The highest BCUT2D eigenvalue weighted by Crippen LogP contribution is 2.28. The maximum absolute atomic E-state index is 12.6. The fourth-order valence-corrected chi connectivity index (χ4v) is 3.31. The number of benzene rings is 2. The molecule has 1 saturated heterocycles. The minimum Gasteiger partial charge on any atom is -0.488 e. The molecule has 2 amide bonds. The van der Waals surface area contributed by atoms with Crippen molar-refractivity contribution in [3.8, 4) is 11.1 Å². The molecule has 0 radical (unpaired) electrons. The largest absolute Gasteiger partial charge is 0.488 e. The lowest BCUT2D eigenvalue weighted by Crippen LogP contribution is -2.33. The molecule has 3 N–H and O–H groups in total. The van der Waals surface area contributed by atoms with E-state index in [1.807, 2.05) is 30.3 Å². The molecular formula is C20H20Cl2N4O3. The summed E-state index contributed by atoms with van der Waals surface area (Å²) in [5, 5.41) is 7.91. The molecule has 1 heterocycles. The van der Waals surface area contributed by atoms with E-state index in [-0.39, 0.29) is 36.6 Å². The molecule has 0 aromatic heterocycles. The average Bonchev–Trinajstić information content (AvgIpc) is 3.06. The van der Waals surface area contributed by atoms with E-state index < -0.39 is 0 Å². The number of hydrogen-bond donors (Lipinski definition) is 2. The second kappa shape index (κ2) is 9.47. The molecule has 0 bridgehead atoms. The number of halogens is 2. The van der Waals surface area contributed by atoms with Crippen LogP contribution in [-0.4, -0.2) is 49.5 Å². The van der Waals surface area contributed by atoms with E-state index in [0.29, 0.717) is 23.7 Å². The van der Waals surface area contributed by atoms with Gasteiger partial charge in [-0.25, -0.2) is 9.59 Å². The SMILES string of the molecule is COC(=C=O)CN1CCN(c2ccc(-c3ccc(C(=N)N)c(Cl)c3)cc2)C1=O.Cl. The molecule has 152 valence electrons. The molecule has 2 aromatic carbocycles. The predicted octanol–water partition coefficient (Wildman–Crippen LogP) is 3.32. The van der Waals surface area contributed by atoms with Crippen LogP contribution in [0.3, 0.4) is 0 Å². The first-order valence-corrected chi connectivity index (χ1v) is 8.91. The summed E-state index contributed by atoms with van der Waals surface area (Å²) in [6, 6.07) is 12.6. The number of nitrogens with one attached hydrogen (secondary N) is 1. The molecule has 1 aliphatic rings. The normalized spacial score (nSPS) is 13.0. The summed E-state index contributed by atoms with van der Waals surface area (Å²) in [5.41, 5.74) is 8.55. The van der Waals surface area contributed by atoms with Gasteiger partial charge in [-0.05, 0) is 35.4 Å². The van der Waals surface area contributed by atoms with Crippen LogP contribution in [0.25, 0.3) is 11.1 Å². The zero-order valence-corrected chi connectivity index (χ0v) is 17.2. The molecule has 3 rings (SSSR count). The number of ether oxygens (including phenoxy) is 1. The number of methoxy groups -OCH3 is 1. The average molecular weight is 435 g/mol. The van der Waals surface area contributed by atoms with Crippen LogP contribution in [0.1, 0.15) is 5.56 Å². The fourth-order valence-electron chi connectivity index (χ4n) is 3.03. The molecular weight excluding hydrogens is 415 g/mol. The molecule has 0 aliphatic carbocycles. The van der Waals surface area contributed by atoms with E-state index in [2.05, 4.69) is 0 Å². The Labute approximate surface area is 179 Å². The van der Waals surface area contributed by atoms with Crippen molar-refractivity contribution in [2.75, 3.05) is 31.6 Å². The molecule has 0 spiro atoms. The predicted molar refractivity (Wildman–Crippen MR) is 116 cm³/mol. The number of amides is 2. The lowest BCUT2D eigenvalue weighted by molar-refractivity contribution is 0.208. The minimum absolute atomic E-state index is 0. The summed E-state index contributed by atoms with van der Waals surface area (Å²) in [4.78, 5) is 26.5. The number of carbonyl (C=O) groups is 1. The zero-order valence-electron chi connectivity index (χ0n) is 15.6. The van der Waals surface area contributed by atoms with Crippen LogP contribution >= 0.6 is 24.0 Å². The highest BCUT2D eigenvalue weighted by molar-refractivity contribution is 6.34. The quantitative estimate of drug-likeness (QED) is 0.315. The Bertz CT molecular complexity index is 972. The maximum Gasteiger partial charge on any atom is 0.325 e. The Hall–Kier alpha value is -2.99. The number of amidine groups is 1. The van der Waals surface area contributed by atoms with Gasteiger partial charge in [0.05, 0.1) is 18.7 Å². The highest BCUT2D eigenvalue weighted by atomic mass is 35.5. The van der Waals surface area contributed by atoms with E-state index in [0.717, 1.165) is 16.8 Å². The van der Waals surface area contributed by atoms with Crippen molar-refractivity contribution in [3.63, 3.8) is 0 Å². The first kappa shape index (κ1) is 22.3. The molecule has 1 fully saturated rings. The number of urea groups is 1. The van der Waals surface area contributed by atoms with Crippen molar-refractivity contribution >= 4 is 47.5 Å². The van der Waals surface area contributed by atoms with E-state index in [1.165, 1.54) is 12.0 Å². The van der Waals surface area contributed by atoms with Crippen LogP contribution in [0.5, 0.6) is 0 Å². The van der Waals surface area contributed by atoms with Crippen molar-refractivity contribution in [2.24, 2.45) is 5.73 Å². The third kappa shape index (κ3) is 4.71. The molecule has 0 saturated carbocycles. The summed E-state index contributed by atoms with van der Waals surface area (Å²) < 4.78 is 4.90. The first-order chi connectivity index (χ1) is 13.4. The van der Waals surface area contributed by atoms with Gasteiger partial charge in [-0.3, -0.25) is 10.3 Å². The lowest BCUT2D eigenvalue weighted by atomic mass is 10.0. The Balaban J connectivity index is 0.00000300. The van der Waals surface area contributed by atoms with Crippen LogP contribution in [-0.2, 0) is 9.53 Å². The molecule has 29 heavy (non-hydrogen) atoms. The monoisotopic (exact) mass is 434 g/mol. The second-order valence-corrected chi connectivity index (χ2v) is 6.65. The van der Waals surface area contributed by atoms with Gasteiger partial charge in [-0.1, -0.05) is 29.8 Å². The summed E-state index contributed by atoms with van der Waals surface area (Å²) in [6.07, 6.45) is 0. The Morgan fingerprint density at radius 1 is 1.21 bits per heavy atom. The summed E-state index contributed by atoms with van der Waals surface area (Å²) in [7, 11) is 1.38. The zero-order chi connectivity index (χ0) is 20.3. The summed E-state index contributed by atoms with van der Waals surface area (Å²) >= 11 is 6.19. The van der Waals surface area contributed by atoms with E-state index >= 15 is 0 Å². The van der Waals surface area contributed by atoms with Crippen molar-refractivity contribution in [1.82, 2.24) is 4.90 Å². The van der Waals surface area contributed by atoms with Gasteiger partial charge in [-0.2, -0.15) is 0 Å². The molecule has 0 atom stereocenters. The Kier molecular flexibility index (Phi) is 7.29. The summed E-state index contributed by atoms with van der Waals surface area (Å²) in [5.74, 6) is 1.71. The minimum atomic E-state index is -0.189. The van der Waals surface area contributed by atoms with E-state index in [1.54, 1.807) is 23.0 Å². The van der Waals surface area contributed by atoms with Crippen LogP contribution in [0.15, 0.2) is 48.2 Å². The highest BCUT2D eigenvalue weighted by Gasteiger charge is 2.30. The number of nitrogens with zero attached hydrogens (tertiary/aromatic N) is 2. The van der Waals surface area contributed by atoms with E-state index in [9.17, 15) is 9.59 Å². The lowest BCUT2D eigenvalue weighted by Gasteiger charge is -2.19. The van der Waals surface area contributed by atoms with Gasteiger partial charge in [0.15, 0.2) is 11.7 Å². The number of nitrogens with two attached hydrogens (primary N) is 1. The third-order valence-electron chi connectivity index (χ3n) is 4.56. The summed E-state index contributed by atoms with van der Waals surface area (Å²) in [6.45, 7) is 1.12. The van der Waals surface area contributed by atoms with Crippen molar-refractivity contribution in [3.05, 3.63) is 58.8 Å². The number of carbonyl (C=O) groups excluding carboxylic acids is 2. The van der Waals surface area contributed by atoms with Gasteiger partial charge >= 0.3 is 6.03 Å².